The van der Waals surface area contributed by atoms with E-state index in [2.05, 4.69) is 10.3 Å². The van der Waals surface area contributed by atoms with Gasteiger partial charge in [-0.2, -0.15) is 4.98 Å². The lowest BCUT2D eigenvalue weighted by Gasteiger charge is -2.30. The number of ether oxygens (including phenoxy) is 1. The number of anilines is 2. The zero-order valence-electron chi connectivity index (χ0n) is 19.9. The number of halogens is 1. The minimum Gasteiger partial charge on any atom is -0.435 e. The van der Waals surface area contributed by atoms with Crippen molar-refractivity contribution in [3.63, 3.8) is 0 Å². The molecule has 5 rings (SSSR count). The molecule has 1 aliphatic rings. The molecule has 2 amide bonds. The van der Waals surface area contributed by atoms with Crippen LogP contribution in [0.5, 0.6) is 11.6 Å². The van der Waals surface area contributed by atoms with Gasteiger partial charge in [0.15, 0.2) is 11.6 Å². The number of aromatic nitrogens is 2. The van der Waals surface area contributed by atoms with E-state index in [1.54, 1.807) is 23.1 Å². The predicted molar refractivity (Wildman–Crippen MR) is 137 cm³/mol. The molecule has 4 aromatic rings. The number of amides is 2. The Morgan fingerprint density at radius 3 is 2.44 bits per heavy atom. The SMILES string of the molecule is CN(Cc1ccccc1)c1nc2c(c(Oc3ccccc3F)n1)CN(C(=O)Nc1ccccc1)CC2. The van der Waals surface area contributed by atoms with E-state index in [0.29, 0.717) is 36.7 Å². The summed E-state index contributed by atoms with van der Waals surface area (Å²) in [5, 5.41) is 2.91. The van der Waals surface area contributed by atoms with E-state index >= 15 is 0 Å². The second-order valence-corrected chi connectivity index (χ2v) is 8.60. The summed E-state index contributed by atoms with van der Waals surface area (Å²) in [5.74, 6) is 0.308. The first-order valence-corrected chi connectivity index (χ1v) is 11.7. The standard InChI is InChI=1S/C28H26FN5O2/c1-33(18-20-10-4-2-5-11-20)27-31-24-16-17-34(28(35)30-21-12-6-3-7-13-21)19-22(24)26(32-27)36-25-15-9-8-14-23(25)29/h2-15H,16-19H2,1H3,(H,30,35). The molecule has 0 radical (unpaired) electrons. The maximum atomic E-state index is 14.4. The lowest BCUT2D eigenvalue weighted by Crippen LogP contribution is -2.39. The van der Waals surface area contributed by atoms with Gasteiger partial charge in [0.05, 0.1) is 17.8 Å². The van der Waals surface area contributed by atoms with Crippen LogP contribution in [0.15, 0.2) is 84.9 Å². The summed E-state index contributed by atoms with van der Waals surface area (Å²) in [6.45, 7) is 1.34. The first-order chi connectivity index (χ1) is 17.6. The largest absolute Gasteiger partial charge is 0.435 e. The van der Waals surface area contributed by atoms with Crippen molar-refractivity contribution in [3.05, 3.63) is 108 Å². The second-order valence-electron chi connectivity index (χ2n) is 8.60. The highest BCUT2D eigenvalue weighted by molar-refractivity contribution is 5.89. The fourth-order valence-electron chi connectivity index (χ4n) is 4.08. The molecule has 1 N–H and O–H groups in total. The number of para-hydroxylation sites is 2. The number of carbonyl (C=O) groups is 1. The van der Waals surface area contributed by atoms with E-state index in [9.17, 15) is 9.18 Å². The van der Waals surface area contributed by atoms with Crippen LogP contribution in [0.1, 0.15) is 16.8 Å². The third-order valence-electron chi connectivity index (χ3n) is 5.97. The zero-order valence-corrected chi connectivity index (χ0v) is 19.9. The molecule has 0 atom stereocenters. The van der Waals surface area contributed by atoms with Crippen molar-refractivity contribution in [1.29, 1.82) is 0 Å². The van der Waals surface area contributed by atoms with Gasteiger partial charge in [0, 0.05) is 32.2 Å². The highest BCUT2D eigenvalue weighted by atomic mass is 19.1. The molecule has 3 aromatic carbocycles. The minimum atomic E-state index is -0.487. The van der Waals surface area contributed by atoms with Gasteiger partial charge in [-0.1, -0.05) is 60.7 Å². The normalized spacial score (nSPS) is 12.6. The molecule has 0 aliphatic carbocycles. The molecule has 1 aromatic heterocycles. The summed E-state index contributed by atoms with van der Waals surface area (Å²) >= 11 is 0. The summed E-state index contributed by atoms with van der Waals surface area (Å²) in [6.07, 6.45) is 0.528. The van der Waals surface area contributed by atoms with E-state index in [1.165, 1.54) is 6.07 Å². The molecule has 182 valence electrons. The van der Waals surface area contributed by atoms with E-state index in [4.69, 9.17) is 9.72 Å². The lowest BCUT2D eigenvalue weighted by atomic mass is 10.1. The number of carbonyl (C=O) groups excluding carboxylic acids is 1. The topological polar surface area (TPSA) is 70.6 Å². The monoisotopic (exact) mass is 483 g/mol. The molecule has 7 nitrogen and oxygen atoms in total. The van der Waals surface area contributed by atoms with Crippen molar-refractivity contribution in [3.8, 4) is 11.6 Å². The molecule has 2 heterocycles. The van der Waals surface area contributed by atoms with E-state index in [0.717, 1.165) is 11.3 Å². The highest BCUT2D eigenvalue weighted by Gasteiger charge is 2.28. The van der Waals surface area contributed by atoms with Crippen LogP contribution >= 0.6 is 0 Å². The molecule has 0 unspecified atom stereocenters. The Labute approximate surface area is 209 Å². The Kier molecular flexibility index (Phi) is 6.75. The summed E-state index contributed by atoms with van der Waals surface area (Å²) in [7, 11) is 1.91. The molecular weight excluding hydrogens is 457 g/mol. The number of hydrogen-bond acceptors (Lipinski definition) is 5. The average Bonchev–Trinajstić information content (AvgIpc) is 2.90. The van der Waals surface area contributed by atoms with E-state index < -0.39 is 5.82 Å². The Morgan fingerprint density at radius 2 is 1.69 bits per heavy atom. The summed E-state index contributed by atoms with van der Waals surface area (Å²) in [5.41, 5.74) is 3.28. The molecular formula is C28H26FN5O2. The van der Waals surface area contributed by atoms with Gasteiger partial charge in [0.25, 0.3) is 0 Å². The van der Waals surface area contributed by atoms with Crippen molar-refractivity contribution in [2.75, 3.05) is 23.8 Å². The van der Waals surface area contributed by atoms with Crippen molar-refractivity contribution in [2.45, 2.75) is 19.5 Å². The van der Waals surface area contributed by atoms with E-state index in [-0.39, 0.29) is 24.2 Å². The van der Waals surface area contributed by atoms with Gasteiger partial charge in [-0.3, -0.25) is 0 Å². The van der Waals surface area contributed by atoms with Crippen LogP contribution in [0, 0.1) is 5.82 Å². The summed E-state index contributed by atoms with van der Waals surface area (Å²) < 4.78 is 20.4. The Balaban J connectivity index is 1.44. The summed E-state index contributed by atoms with van der Waals surface area (Å²) in [4.78, 5) is 26.0. The molecule has 0 spiro atoms. The van der Waals surface area contributed by atoms with Crippen LogP contribution in [0.4, 0.5) is 20.8 Å². The fourth-order valence-corrected chi connectivity index (χ4v) is 4.08. The molecule has 0 fully saturated rings. The molecule has 1 aliphatic heterocycles. The quantitative estimate of drug-likeness (QED) is 0.385. The zero-order chi connectivity index (χ0) is 24.9. The van der Waals surface area contributed by atoms with Crippen LogP contribution in [0.2, 0.25) is 0 Å². The van der Waals surface area contributed by atoms with Crippen LogP contribution in [0.25, 0.3) is 0 Å². The van der Waals surface area contributed by atoms with Crippen LogP contribution in [0.3, 0.4) is 0 Å². The first kappa shape index (κ1) is 23.3. The third kappa shape index (κ3) is 5.27. The number of urea groups is 1. The van der Waals surface area contributed by atoms with Crippen molar-refractivity contribution in [2.24, 2.45) is 0 Å². The average molecular weight is 484 g/mol. The molecule has 0 bridgehead atoms. The van der Waals surface area contributed by atoms with Crippen LogP contribution in [-0.2, 0) is 19.5 Å². The maximum Gasteiger partial charge on any atom is 0.322 e. The number of nitrogens with one attached hydrogen (secondary N) is 1. The van der Waals surface area contributed by atoms with Crippen molar-refractivity contribution < 1.29 is 13.9 Å². The first-order valence-electron chi connectivity index (χ1n) is 11.7. The molecule has 36 heavy (non-hydrogen) atoms. The minimum absolute atomic E-state index is 0.0703. The number of benzene rings is 3. The van der Waals surface area contributed by atoms with Gasteiger partial charge in [-0.25, -0.2) is 14.2 Å². The highest BCUT2D eigenvalue weighted by Crippen LogP contribution is 2.32. The molecule has 0 saturated heterocycles. The van der Waals surface area contributed by atoms with E-state index in [1.807, 2.05) is 72.6 Å². The summed E-state index contributed by atoms with van der Waals surface area (Å²) in [6, 6.07) is 25.3. The molecule has 0 saturated carbocycles. The predicted octanol–water partition coefficient (Wildman–Crippen LogP) is 5.63. The van der Waals surface area contributed by atoms with Gasteiger partial charge in [0.1, 0.15) is 0 Å². The number of fused-ring (bicyclic) bond motifs is 1. The fraction of sp³-hybridized carbons (Fsp3) is 0.179. The van der Waals surface area contributed by atoms with Gasteiger partial charge < -0.3 is 19.9 Å². The maximum absolute atomic E-state index is 14.4. The van der Waals surface area contributed by atoms with Gasteiger partial charge in [0.2, 0.25) is 11.8 Å². The molecule has 8 heteroatoms. The van der Waals surface area contributed by atoms with Gasteiger partial charge in [-0.15, -0.1) is 0 Å². The number of hydrogen-bond donors (Lipinski definition) is 1. The Morgan fingerprint density at radius 1 is 1.00 bits per heavy atom. The third-order valence-corrected chi connectivity index (χ3v) is 5.97. The Bertz CT molecular complexity index is 1350. The van der Waals surface area contributed by atoms with Crippen molar-refractivity contribution >= 4 is 17.7 Å². The number of rotatable bonds is 6. The second kappa shape index (κ2) is 10.4. The Hall–Kier alpha value is -4.46. The van der Waals surface area contributed by atoms with Crippen LogP contribution < -0.4 is 15.0 Å². The van der Waals surface area contributed by atoms with Gasteiger partial charge in [-0.05, 0) is 29.8 Å². The van der Waals surface area contributed by atoms with Crippen LogP contribution in [-0.4, -0.2) is 34.5 Å². The van der Waals surface area contributed by atoms with Gasteiger partial charge >= 0.3 is 6.03 Å². The lowest BCUT2D eigenvalue weighted by molar-refractivity contribution is 0.205. The number of nitrogens with zero attached hydrogens (tertiary/aromatic N) is 4. The van der Waals surface area contributed by atoms with Crippen molar-refractivity contribution in [1.82, 2.24) is 14.9 Å². The smallest absolute Gasteiger partial charge is 0.322 e.